The molecule has 274 valence electrons. The van der Waals surface area contributed by atoms with Gasteiger partial charge in [-0.15, -0.1) is 0 Å². The van der Waals surface area contributed by atoms with Crippen LogP contribution in [0.4, 0.5) is 4.79 Å². The summed E-state index contributed by atoms with van der Waals surface area (Å²) >= 11 is 0. The molecule has 0 bridgehead atoms. The minimum atomic E-state index is -0.668. The fraction of sp³-hybridized carbons (Fsp3) is 0.450. The van der Waals surface area contributed by atoms with Crippen molar-refractivity contribution >= 4 is 39.7 Å². The summed E-state index contributed by atoms with van der Waals surface area (Å²) in [4.78, 5) is 60.7. The number of amides is 3. The van der Waals surface area contributed by atoms with Gasteiger partial charge in [0.1, 0.15) is 17.7 Å². The first-order valence-corrected chi connectivity index (χ1v) is 18.6. The molecular weight excluding hydrogens is 656 g/mol. The fourth-order valence-corrected chi connectivity index (χ4v) is 6.88. The second-order valence-corrected chi connectivity index (χ2v) is 13.8. The summed E-state index contributed by atoms with van der Waals surface area (Å²) in [7, 11) is 1.31. The Labute approximate surface area is 304 Å². The molecule has 12 heteroatoms. The topological polar surface area (TPSA) is 158 Å². The number of H-pyrrole nitrogens is 2. The molecule has 1 saturated heterocycles. The van der Waals surface area contributed by atoms with Gasteiger partial charge in [-0.05, 0) is 67.7 Å². The van der Waals surface area contributed by atoms with Gasteiger partial charge < -0.3 is 30.2 Å². The maximum Gasteiger partial charge on any atom is 0.407 e. The number of benzene rings is 2. The van der Waals surface area contributed by atoms with Crippen LogP contribution in [0.2, 0.25) is 0 Å². The van der Waals surface area contributed by atoms with Gasteiger partial charge >= 0.3 is 6.09 Å². The van der Waals surface area contributed by atoms with Crippen molar-refractivity contribution in [3.05, 3.63) is 66.5 Å². The molecule has 3 amide bonds. The van der Waals surface area contributed by atoms with Crippen LogP contribution in [0.3, 0.4) is 0 Å². The lowest BCUT2D eigenvalue weighted by molar-refractivity contribution is -0.135. The van der Waals surface area contributed by atoms with Crippen molar-refractivity contribution in [1.82, 2.24) is 40.5 Å². The molecule has 4 N–H and O–H groups in total. The number of aromatic amines is 2. The van der Waals surface area contributed by atoms with Gasteiger partial charge in [-0.25, -0.2) is 14.8 Å². The van der Waals surface area contributed by atoms with Crippen LogP contribution in [0.1, 0.15) is 89.8 Å². The highest BCUT2D eigenvalue weighted by molar-refractivity contribution is 5.90. The SMILES string of the molecule is CCCCC(=O)NCCCCc1ncc(-c2ccc3cc(-c4ccc5nc(C6CCCN6C(=O)C(NC(=O)OC)C(C)CC)[nH]c5c4)ncc3c2)[nH]1. The third-order valence-electron chi connectivity index (χ3n) is 10.2. The highest BCUT2D eigenvalue weighted by Gasteiger charge is 2.38. The van der Waals surface area contributed by atoms with Crippen molar-refractivity contribution in [3.63, 3.8) is 0 Å². The number of hydrogen-bond acceptors (Lipinski definition) is 7. The van der Waals surface area contributed by atoms with Gasteiger partial charge in [0.25, 0.3) is 0 Å². The van der Waals surface area contributed by atoms with E-state index in [1.54, 1.807) is 0 Å². The van der Waals surface area contributed by atoms with Gasteiger partial charge in [0.2, 0.25) is 11.8 Å². The number of aryl methyl sites for hydroxylation is 1. The third-order valence-corrected chi connectivity index (χ3v) is 10.2. The minimum Gasteiger partial charge on any atom is -0.453 e. The first-order valence-electron chi connectivity index (χ1n) is 18.6. The highest BCUT2D eigenvalue weighted by Crippen LogP contribution is 2.34. The number of methoxy groups -OCH3 is 1. The molecule has 3 atom stereocenters. The summed E-state index contributed by atoms with van der Waals surface area (Å²) in [5.41, 5.74) is 5.53. The highest BCUT2D eigenvalue weighted by atomic mass is 16.5. The second kappa shape index (κ2) is 16.8. The Balaban J connectivity index is 1.12. The average Bonchev–Trinajstić information content (AvgIpc) is 3.95. The predicted octanol–water partition coefficient (Wildman–Crippen LogP) is 7.23. The molecule has 12 nitrogen and oxygen atoms in total. The van der Waals surface area contributed by atoms with Gasteiger partial charge in [-0.3, -0.25) is 14.6 Å². The third kappa shape index (κ3) is 8.43. The van der Waals surface area contributed by atoms with E-state index >= 15 is 0 Å². The smallest absolute Gasteiger partial charge is 0.407 e. The Hall–Kier alpha value is -5.26. The number of pyridine rings is 1. The molecule has 0 radical (unpaired) electrons. The van der Waals surface area contributed by atoms with E-state index < -0.39 is 12.1 Å². The number of rotatable bonds is 15. The van der Waals surface area contributed by atoms with Gasteiger partial charge in [0.15, 0.2) is 0 Å². The molecule has 3 unspecified atom stereocenters. The zero-order valence-corrected chi connectivity index (χ0v) is 30.6. The van der Waals surface area contributed by atoms with E-state index in [0.29, 0.717) is 19.5 Å². The van der Waals surface area contributed by atoms with Gasteiger partial charge in [-0.2, -0.15) is 0 Å². The van der Waals surface area contributed by atoms with Crippen LogP contribution < -0.4 is 10.6 Å². The fourth-order valence-electron chi connectivity index (χ4n) is 6.88. The number of nitrogens with one attached hydrogen (secondary N) is 4. The Morgan fingerprint density at radius 1 is 0.981 bits per heavy atom. The van der Waals surface area contributed by atoms with Crippen LogP contribution in [-0.4, -0.2) is 74.0 Å². The van der Waals surface area contributed by atoms with Crippen LogP contribution in [0.5, 0.6) is 0 Å². The number of nitrogens with zero attached hydrogens (tertiary/aromatic N) is 4. The van der Waals surface area contributed by atoms with E-state index in [9.17, 15) is 14.4 Å². The summed E-state index contributed by atoms with van der Waals surface area (Å²) in [6.07, 6.45) is 10.8. The number of aromatic nitrogens is 5. The standard InChI is InChI=1S/C40H50N8O4/c1-5-7-13-36(49)41-18-9-8-12-35-43-24-33(44-35)27-15-14-26-21-31(42-23-29(26)20-27)28-16-17-30-32(22-28)46-38(45-30)34-11-10-19-48(34)39(50)37(25(3)6-2)47-40(51)52-4/h14-17,20-25,34,37H,5-13,18-19H2,1-4H3,(H,41,49)(H,43,44)(H,45,46)(H,47,51). The quantitative estimate of drug-likeness (QED) is 0.0837. The average molecular weight is 707 g/mol. The summed E-state index contributed by atoms with van der Waals surface area (Å²) in [5.74, 6) is 1.66. The van der Waals surface area contributed by atoms with E-state index in [0.717, 1.165) is 107 Å². The number of imidazole rings is 2. The van der Waals surface area contributed by atoms with Crippen molar-refractivity contribution in [2.45, 2.75) is 90.6 Å². The molecule has 1 aliphatic rings. The zero-order valence-electron chi connectivity index (χ0n) is 30.6. The Morgan fingerprint density at radius 2 is 1.83 bits per heavy atom. The lowest BCUT2D eigenvalue weighted by Crippen LogP contribution is -2.51. The van der Waals surface area contributed by atoms with Crippen LogP contribution in [-0.2, 0) is 20.7 Å². The summed E-state index contributed by atoms with van der Waals surface area (Å²) in [5, 5.41) is 7.87. The number of carbonyl (C=O) groups excluding carboxylic acids is 3. The molecule has 3 aromatic heterocycles. The first kappa shape index (κ1) is 36.5. The first-order chi connectivity index (χ1) is 25.3. The summed E-state index contributed by atoms with van der Waals surface area (Å²) < 4.78 is 4.81. The van der Waals surface area contributed by atoms with E-state index in [4.69, 9.17) is 14.7 Å². The molecule has 52 heavy (non-hydrogen) atoms. The van der Waals surface area contributed by atoms with E-state index in [-0.39, 0.29) is 23.8 Å². The normalized spacial score (nSPS) is 15.5. The van der Waals surface area contributed by atoms with Crippen molar-refractivity contribution in [1.29, 1.82) is 0 Å². The van der Waals surface area contributed by atoms with Crippen LogP contribution in [0.25, 0.3) is 44.3 Å². The van der Waals surface area contributed by atoms with E-state index in [1.165, 1.54) is 7.11 Å². The summed E-state index contributed by atoms with van der Waals surface area (Å²) in [6.45, 7) is 7.36. The largest absolute Gasteiger partial charge is 0.453 e. The van der Waals surface area contributed by atoms with Gasteiger partial charge in [0.05, 0.1) is 41.8 Å². The maximum absolute atomic E-state index is 13.7. The molecule has 2 aromatic carbocycles. The zero-order chi connectivity index (χ0) is 36.6. The molecule has 0 saturated carbocycles. The number of fused-ring (bicyclic) bond motifs is 2. The van der Waals surface area contributed by atoms with Crippen LogP contribution in [0, 0.1) is 5.92 Å². The Bertz CT molecular complexity index is 2020. The number of likely N-dealkylation sites (tertiary alicyclic amines) is 1. The molecular formula is C40H50N8O4. The van der Waals surface area contributed by atoms with Crippen LogP contribution >= 0.6 is 0 Å². The molecule has 1 aliphatic heterocycles. The Morgan fingerprint density at radius 3 is 2.63 bits per heavy atom. The number of alkyl carbamates (subject to hydrolysis) is 1. The molecule has 6 rings (SSSR count). The molecule has 0 aliphatic carbocycles. The second-order valence-electron chi connectivity index (χ2n) is 13.8. The monoisotopic (exact) mass is 706 g/mol. The predicted molar refractivity (Wildman–Crippen MR) is 202 cm³/mol. The number of hydrogen-bond donors (Lipinski definition) is 4. The van der Waals surface area contributed by atoms with Gasteiger partial charge in [0, 0.05) is 48.6 Å². The van der Waals surface area contributed by atoms with Crippen LogP contribution in [0.15, 0.2) is 54.9 Å². The maximum atomic E-state index is 13.7. The van der Waals surface area contributed by atoms with Gasteiger partial charge in [-0.1, -0.05) is 51.8 Å². The van der Waals surface area contributed by atoms with Crippen molar-refractivity contribution in [2.24, 2.45) is 5.92 Å². The molecule has 5 aromatic rings. The van der Waals surface area contributed by atoms with Crippen molar-refractivity contribution in [2.75, 3.05) is 20.2 Å². The number of ether oxygens (including phenoxy) is 1. The van der Waals surface area contributed by atoms with Crippen molar-refractivity contribution in [3.8, 4) is 22.5 Å². The van der Waals surface area contributed by atoms with E-state index in [2.05, 4.69) is 62.8 Å². The van der Waals surface area contributed by atoms with Crippen molar-refractivity contribution < 1.29 is 19.1 Å². The number of unbranched alkanes of at least 4 members (excludes halogenated alkanes) is 2. The lowest BCUT2D eigenvalue weighted by Gasteiger charge is -2.30. The Kier molecular flexibility index (Phi) is 11.8. The molecule has 1 fully saturated rings. The minimum absolute atomic E-state index is 0.0476. The number of carbonyl (C=O) groups is 3. The summed E-state index contributed by atoms with van der Waals surface area (Å²) in [6, 6.07) is 13.6. The lowest BCUT2D eigenvalue weighted by atomic mass is 9.97. The molecule has 0 spiro atoms. The molecule has 4 heterocycles. The van der Waals surface area contributed by atoms with E-state index in [1.807, 2.05) is 43.3 Å².